The predicted octanol–water partition coefficient (Wildman–Crippen LogP) is 4.35. The monoisotopic (exact) mass is 274 g/mol. The molecule has 0 amide bonds. The van der Waals surface area contributed by atoms with Crippen molar-refractivity contribution in [3.05, 3.63) is 65.7 Å². The van der Waals surface area contributed by atoms with Crippen molar-refractivity contribution in [2.45, 2.75) is 12.8 Å². The molecule has 21 heavy (non-hydrogen) atoms. The van der Waals surface area contributed by atoms with Crippen molar-refractivity contribution in [2.75, 3.05) is 18.0 Å². The van der Waals surface area contributed by atoms with E-state index in [1.165, 1.54) is 18.5 Å². The van der Waals surface area contributed by atoms with Gasteiger partial charge >= 0.3 is 0 Å². The van der Waals surface area contributed by atoms with Gasteiger partial charge in [0.2, 0.25) is 0 Å². The molecule has 3 rings (SSSR count). The van der Waals surface area contributed by atoms with Crippen LogP contribution in [-0.4, -0.2) is 13.1 Å². The first-order valence-electron chi connectivity index (χ1n) is 7.39. The van der Waals surface area contributed by atoms with Crippen molar-refractivity contribution in [1.29, 1.82) is 5.26 Å². The summed E-state index contributed by atoms with van der Waals surface area (Å²) >= 11 is 0. The summed E-state index contributed by atoms with van der Waals surface area (Å²) < 4.78 is 0. The van der Waals surface area contributed by atoms with E-state index < -0.39 is 0 Å². The first kappa shape index (κ1) is 13.5. The molecule has 104 valence electrons. The number of benzene rings is 2. The summed E-state index contributed by atoms with van der Waals surface area (Å²) in [5.41, 5.74) is 4.01. The third-order valence-electron chi connectivity index (χ3n) is 3.88. The molecule has 0 spiro atoms. The molecule has 1 aliphatic heterocycles. The SMILES string of the molecule is N#C/C(=C\c1ccc(N2CCCC2)cc1)c1ccccc1. The van der Waals surface area contributed by atoms with E-state index in [0.29, 0.717) is 5.57 Å². The predicted molar refractivity (Wildman–Crippen MR) is 87.8 cm³/mol. The molecule has 1 heterocycles. The fourth-order valence-corrected chi connectivity index (χ4v) is 2.72. The summed E-state index contributed by atoms with van der Waals surface area (Å²) in [6, 6.07) is 20.6. The van der Waals surface area contributed by atoms with Crippen LogP contribution in [0.2, 0.25) is 0 Å². The maximum atomic E-state index is 9.34. The van der Waals surface area contributed by atoms with Gasteiger partial charge in [0.1, 0.15) is 0 Å². The lowest BCUT2D eigenvalue weighted by Crippen LogP contribution is -2.17. The van der Waals surface area contributed by atoms with Crippen molar-refractivity contribution in [2.24, 2.45) is 0 Å². The second kappa shape index (κ2) is 6.28. The number of hydrogen-bond acceptors (Lipinski definition) is 2. The molecule has 1 saturated heterocycles. The fraction of sp³-hybridized carbons (Fsp3) is 0.211. The van der Waals surface area contributed by atoms with Crippen molar-refractivity contribution in [3.63, 3.8) is 0 Å². The third kappa shape index (κ3) is 3.14. The molecule has 0 radical (unpaired) electrons. The van der Waals surface area contributed by atoms with Gasteiger partial charge in [-0.2, -0.15) is 5.26 Å². The molecule has 2 aromatic rings. The minimum Gasteiger partial charge on any atom is -0.372 e. The van der Waals surface area contributed by atoms with Gasteiger partial charge in [-0.05, 0) is 42.2 Å². The van der Waals surface area contributed by atoms with Gasteiger partial charge in [-0.25, -0.2) is 0 Å². The quantitative estimate of drug-likeness (QED) is 0.614. The van der Waals surface area contributed by atoms with Crippen LogP contribution in [0.25, 0.3) is 11.6 Å². The Balaban J connectivity index is 1.83. The molecule has 0 unspecified atom stereocenters. The average molecular weight is 274 g/mol. The molecule has 0 bridgehead atoms. The van der Waals surface area contributed by atoms with Crippen LogP contribution in [0.1, 0.15) is 24.0 Å². The topological polar surface area (TPSA) is 27.0 Å². The van der Waals surface area contributed by atoms with E-state index in [1.54, 1.807) is 0 Å². The lowest BCUT2D eigenvalue weighted by molar-refractivity contribution is 0.949. The number of hydrogen-bond donors (Lipinski definition) is 0. The Morgan fingerprint density at radius 3 is 2.24 bits per heavy atom. The fourth-order valence-electron chi connectivity index (χ4n) is 2.72. The highest BCUT2D eigenvalue weighted by Gasteiger charge is 2.11. The lowest BCUT2D eigenvalue weighted by Gasteiger charge is -2.17. The van der Waals surface area contributed by atoms with Gasteiger partial charge in [-0.1, -0.05) is 42.5 Å². The molecule has 0 N–H and O–H groups in total. The zero-order valence-electron chi connectivity index (χ0n) is 12.0. The Hall–Kier alpha value is -2.53. The molecule has 0 saturated carbocycles. The molecule has 1 aliphatic rings. The average Bonchev–Trinajstić information content (AvgIpc) is 3.08. The van der Waals surface area contributed by atoms with E-state index >= 15 is 0 Å². The van der Waals surface area contributed by atoms with Crippen LogP contribution in [-0.2, 0) is 0 Å². The molecule has 0 aliphatic carbocycles. The standard InChI is InChI=1S/C19H18N2/c20-15-18(17-6-2-1-3-7-17)14-16-8-10-19(11-9-16)21-12-4-5-13-21/h1-3,6-11,14H,4-5,12-13H2/b18-14+. The van der Waals surface area contributed by atoms with Gasteiger partial charge < -0.3 is 4.90 Å². The number of anilines is 1. The van der Waals surface area contributed by atoms with E-state index in [4.69, 9.17) is 0 Å². The Morgan fingerprint density at radius 1 is 0.952 bits per heavy atom. The maximum Gasteiger partial charge on any atom is 0.0998 e. The van der Waals surface area contributed by atoms with E-state index in [-0.39, 0.29) is 0 Å². The molecular weight excluding hydrogens is 256 g/mol. The molecule has 1 fully saturated rings. The van der Waals surface area contributed by atoms with E-state index in [2.05, 4.69) is 35.2 Å². The molecule has 0 atom stereocenters. The molecule has 2 heteroatoms. The normalized spacial score (nSPS) is 15.0. The summed E-state index contributed by atoms with van der Waals surface area (Å²) in [7, 11) is 0. The van der Waals surface area contributed by atoms with Crippen LogP contribution in [0.3, 0.4) is 0 Å². The Labute approximate surface area is 126 Å². The van der Waals surface area contributed by atoms with Crippen molar-refractivity contribution < 1.29 is 0 Å². The van der Waals surface area contributed by atoms with Crippen LogP contribution >= 0.6 is 0 Å². The molecular formula is C19H18N2. The summed E-state index contributed by atoms with van der Waals surface area (Å²) in [4.78, 5) is 2.41. The number of nitrogens with zero attached hydrogens (tertiary/aromatic N) is 2. The van der Waals surface area contributed by atoms with Gasteiger partial charge in [-0.15, -0.1) is 0 Å². The van der Waals surface area contributed by atoms with Gasteiger partial charge in [-0.3, -0.25) is 0 Å². The lowest BCUT2D eigenvalue weighted by atomic mass is 10.0. The van der Waals surface area contributed by atoms with Crippen molar-refractivity contribution in [1.82, 2.24) is 0 Å². The van der Waals surface area contributed by atoms with Crippen molar-refractivity contribution in [3.8, 4) is 6.07 Å². The summed E-state index contributed by atoms with van der Waals surface area (Å²) in [5.74, 6) is 0. The highest BCUT2D eigenvalue weighted by atomic mass is 15.1. The highest BCUT2D eigenvalue weighted by Crippen LogP contribution is 2.22. The minimum atomic E-state index is 0.699. The van der Waals surface area contributed by atoms with Crippen LogP contribution in [0, 0.1) is 11.3 Å². The van der Waals surface area contributed by atoms with Crippen LogP contribution in [0.15, 0.2) is 54.6 Å². The van der Waals surface area contributed by atoms with Gasteiger partial charge in [0.05, 0.1) is 11.6 Å². The highest BCUT2D eigenvalue weighted by molar-refractivity contribution is 5.89. The molecule has 2 nitrogen and oxygen atoms in total. The zero-order valence-corrected chi connectivity index (χ0v) is 12.0. The first-order chi connectivity index (χ1) is 10.4. The van der Waals surface area contributed by atoms with E-state index in [9.17, 15) is 5.26 Å². The minimum absolute atomic E-state index is 0.699. The summed E-state index contributed by atoms with van der Waals surface area (Å²) in [6.45, 7) is 2.31. The molecule has 0 aromatic heterocycles. The maximum absolute atomic E-state index is 9.34. The summed E-state index contributed by atoms with van der Waals surface area (Å²) in [5, 5.41) is 9.34. The second-order valence-corrected chi connectivity index (χ2v) is 5.32. The number of nitriles is 1. The smallest absolute Gasteiger partial charge is 0.0998 e. The van der Waals surface area contributed by atoms with E-state index in [0.717, 1.165) is 24.2 Å². The Bertz CT molecular complexity index is 657. The van der Waals surface area contributed by atoms with Crippen LogP contribution in [0.5, 0.6) is 0 Å². The Kier molecular flexibility index (Phi) is 4.02. The van der Waals surface area contributed by atoms with Crippen LogP contribution in [0.4, 0.5) is 5.69 Å². The zero-order chi connectivity index (χ0) is 14.5. The second-order valence-electron chi connectivity index (χ2n) is 5.32. The van der Waals surface area contributed by atoms with E-state index in [1.807, 2.05) is 36.4 Å². The number of allylic oxidation sites excluding steroid dienone is 1. The van der Waals surface area contributed by atoms with Crippen LogP contribution < -0.4 is 4.90 Å². The largest absolute Gasteiger partial charge is 0.372 e. The van der Waals surface area contributed by atoms with Gasteiger partial charge in [0, 0.05) is 18.8 Å². The number of rotatable bonds is 3. The molecule has 2 aromatic carbocycles. The Morgan fingerprint density at radius 2 is 1.62 bits per heavy atom. The van der Waals surface area contributed by atoms with Crippen molar-refractivity contribution >= 4 is 17.3 Å². The van der Waals surface area contributed by atoms with Gasteiger partial charge in [0.15, 0.2) is 0 Å². The van der Waals surface area contributed by atoms with Gasteiger partial charge in [0.25, 0.3) is 0 Å². The third-order valence-corrected chi connectivity index (χ3v) is 3.88. The first-order valence-corrected chi connectivity index (χ1v) is 7.39. The summed E-state index contributed by atoms with van der Waals surface area (Å²) in [6.07, 6.45) is 4.52.